The Labute approximate surface area is 102 Å². The van der Waals surface area contributed by atoms with Gasteiger partial charge in [0.2, 0.25) is 0 Å². The lowest BCUT2D eigenvalue weighted by molar-refractivity contribution is -0.139. The molecule has 1 aromatic carbocycles. The van der Waals surface area contributed by atoms with Crippen LogP contribution in [0.5, 0.6) is 0 Å². The third-order valence-electron chi connectivity index (χ3n) is 3.14. The number of hydrogen-bond donors (Lipinski definition) is 1. The van der Waals surface area contributed by atoms with Gasteiger partial charge in [0.15, 0.2) is 0 Å². The van der Waals surface area contributed by atoms with E-state index in [-0.39, 0.29) is 18.0 Å². The number of rotatable bonds is 2. The van der Waals surface area contributed by atoms with E-state index in [4.69, 9.17) is 10.5 Å². The summed E-state index contributed by atoms with van der Waals surface area (Å²) in [5.74, 6) is -1.06. The summed E-state index contributed by atoms with van der Waals surface area (Å²) in [5, 5.41) is 0. The molecule has 18 heavy (non-hydrogen) atoms. The Kier molecular flexibility index (Phi) is 3.59. The second kappa shape index (κ2) is 4.85. The Morgan fingerprint density at radius 1 is 1.33 bits per heavy atom. The average molecular weight is 263 g/mol. The maximum Gasteiger partial charge on any atom is 0.416 e. The van der Waals surface area contributed by atoms with Crippen molar-refractivity contribution in [2.45, 2.75) is 18.7 Å². The molecule has 2 N–H and O–H groups in total. The fourth-order valence-corrected chi connectivity index (χ4v) is 2.24. The number of nitrogens with two attached hydrogens (primary N) is 1. The molecule has 1 aliphatic heterocycles. The van der Waals surface area contributed by atoms with Crippen LogP contribution in [0.4, 0.5) is 17.6 Å². The molecule has 0 aliphatic carbocycles. The van der Waals surface area contributed by atoms with E-state index in [1.807, 2.05) is 0 Å². The van der Waals surface area contributed by atoms with Gasteiger partial charge in [0.1, 0.15) is 5.82 Å². The Morgan fingerprint density at radius 2 is 2.06 bits per heavy atom. The lowest BCUT2D eigenvalue weighted by atomic mass is 9.92. The highest BCUT2D eigenvalue weighted by Crippen LogP contribution is 2.41. The molecular weight excluding hydrogens is 250 g/mol. The van der Waals surface area contributed by atoms with E-state index in [0.717, 1.165) is 12.1 Å². The minimum atomic E-state index is -4.59. The predicted molar refractivity (Wildman–Crippen MR) is 57.3 cm³/mol. The van der Waals surface area contributed by atoms with Crippen LogP contribution in [0, 0.1) is 11.7 Å². The number of alkyl halides is 3. The molecular formula is C12H13F4NO. The predicted octanol–water partition coefficient (Wildman–Crippen LogP) is 2.88. The first-order chi connectivity index (χ1) is 8.43. The van der Waals surface area contributed by atoms with Crippen LogP contribution in [-0.2, 0) is 10.9 Å². The van der Waals surface area contributed by atoms with E-state index in [0.29, 0.717) is 19.1 Å². The van der Waals surface area contributed by atoms with Crippen LogP contribution in [0.1, 0.15) is 23.7 Å². The van der Waals surface area contributed by atoms with E-state index < -0.39 is 23.7 Å². The van der Waals surface area contributed by atoms with Crippen LogP contribution in [0.3, 0.4) is 0 Å². The molecule has 2 atom stereocenters. The molecule has 0 bridgehead atoms. The molecule has 1 saturated heterocycles. The molecule has 2 unspecified atom stereocenters. The van der Waals surface area contributed by atoms with Crippen molar-refractivity contribution in [3.8, 4) is 0 Å². The standard InChI is InChI=1S/C12H13F4NO/c13-8-1-2-9(10(5-8)12(14,15)16)11-7(6-17)3-4-18-11/h1-2,5,7,11H,3-4,6,17H2. The van der Waals surface area contributed by atoms with Crippen LogP contribution in [0.15, 0.2) is 18.2 Å². The first kappa shape index (κ1) is 13.3. The second-order valence-corrected chi connectivity index (χ2v) is 4.31. The third-order valence-corrected chi connectivity index (χ3v) is 3.14. The van der Waals surface area contributed by atoms with Crippen LogP contribution in [0.2, 0.25) is 0 Å². The molecule has 0 aromatic heterocycles. The van der Waals surface area contributed by atoms with E-state index in [1.54, 1.807) is 0 Å². The quantitative estimate of drug-likeness (QED) is 0.833. The van der Waals surface area contributed by atoms with Gasteiger partial charge in [0.05, 0.1) is 11.7 Å². The van der Waals surface area contributed by atoms with Crippen LogP contribution in [-0.4, -0.2) is 13.2 Å². The van der Waals surface area contributed by atoms with E-state index in [2.05, 4.69) is 0 Å². The van der Waals surface area contributed by atoms with Gasteiger partial charge in [-0.2, -0.15) is 13.2 Å². The molecule has 1 fully saturated rings. The molecule has 0 amide bonds. The summed E-state index contributed by atoms with van der Waals surface area (Å²) in [7, 11) is 0. The average Bonchev–Trinajstić information content (AvgIpc) is 2.75. The zero-order chi connectivity index (χ0) is 13.3. The number of benzene rings is 1. The molecule has 1 heterocycles. The summed E-state index contributed by atoms with van der Waals surface area (Å²) in [4.78, 5) is 0. The smallest absolute Gasteiger partial charge is 0.373 e. The van der Waals surface area contributed by atoms with E-state index in [1.165, 1.54) is 0 Å². The van der Waals surface area contributed by atoms with Gasteiger partial charge in [0.25, 0.3) is 0 Å². The fraction of sp³-hybridized carbons (Fsp3) is 0.500. The molecule has 0 spiro atoms. The lowest BCUT2D eigenvalue weighted by Crippen LogP contribution is -2.21. The van der Waals surface area contributed by atoms with Crippen molar-refractivity contribution in [3.63, 3.8) is 0 Å². The molecule has 1 aliphatic rings. The molecule has 0 radical (unpaired) electrons. The van der Waals surface area contributed by atoms with Crippen molar-refractivity contribution in [3.05, 3.63) is 35.1 Å². The molecule has 100 valence electrons. The van der Waals surface area contributed by atoms with E-state index >= 15 is 0 Å². The van der Waals surface area contributed by atoms with Crippen molar-refractivity contribution in [1.82, 2.24) is 0 Å². The Balaban J connectivity index is 2.44. The van der Waals surface area contributed by atoms with Crippen molar-refractivity contribution in [1.29, 1.82) is 0 Å². The van der Waals surface area contributed by atoms with Gasteiger partial charge < -0.3 is 10.5 Å². The van der Waals surface area contributed by atoms with Gasteiger partial charge in [-0.15, -0.1) is 0 Å². The third kappa shape index (κ3) is 2.49. The molecule has 2 rings (SSSR count). The number of halogens is 4. The van der Waals surface area contributed by atoms with Gasteiger partial charge >= 0.3 is 6.18 Å². The fourth-order valence-electron chi connectivity index (χ4n) is 2.24. The molecule has 6 heteroatoms. The van der Waals surface area contributed by atoms with Crippen molar-refractivity contribution in [2.75, 3.05) is 13.2 Å². The number of hydrogen-bond acceptors (Lipinski definition) is 2. The highest BCUT2D eigenvalue weighted by Gasteiger charge is 2.39. The summed E-state index contributed by atoms with van der Waals surface area (Å²) in [6.07, 6.45) is -4.68. The highest BCUT2D eigenvalue weighted by atomic mass is 19.4. The van der Waals surface area contributed by atoms with Gasteiger partial charge in [-0.1, -0.05) is 6.07 Å². The summed E-state index contributed by atoms with van der Waals surface area (Å²) in [6, 6.07) is 2.65. The lowest BCUT2D eigenvalue weighted by Gasteiger charge is -2.21. The Bertz CT molecular complexity index is 433. The van der Waals surface area contributed by atoms with Crippen molar-refractivity contribution in [2.24, 2.45) is 11.7 Å². The summed E-state index contributed by atoms with van der Waals surface area (Å²) in [6.45, 7) is 0.626. The topological polar surface area (TPSA) is 35.2 Å². The molecule has 2 nitrogen and oxygen atoms in total. The normalized spacial score (nSPS) is 24.5. The largest absolute Gasteiger partial charge is 0.416 e. The summed E-state index contributed by atoms with van der Waals surface area (Å²) >= 11 is 0. The molecule has 1 aromatic rings. The first-order valence-electron chi connectivity index (χ1n) is 5.62. The minimum absolute atomic E-state index is 0.0307. The van der Waals surface area contributed by atoms with Crippen molar-refractivity contribution < 1.29 is 22.3 Å². The van der Waals surface area contributed by atoms with Crippen LogP contribution >= 0.6 is 0 Å². The number of ether oxygens (including phenoxy) is 1. The zero-order valence-electron chi connectivity index (χ0n) is 9.51. The van der Waals surface area contributed by atoms with Crippen LogP contribution in [0.25, 0.3) is 0 Å². The van der Waals surface area contributed by atoms with Crippen molar-refractivity contribution >= 4 is 0 Å². The minimum Gasteiger partial charge on any atom is -0.373 e. The highest BCUT2D eigenvalue weighted by molar-refractivity contribution is 5.33. The maximum absolute atomic E-state index is 13.0. The van der Waals surface area contributed by atoms with Gasteiger partial charge in [0, 0.05) is 12.5 Å². The second-order valence-electron chi connectivity index (χ2n) is 4.31. The van der Waals surface area contributed by atoms with E-state index in [9.17, 15) is 17.6 Å². The first-order valence-corrected chi connectivity index (χ1v) is 5.62. The van der Waals surface area contributed by atoms with Crippen LogP contribution < -0.4 is 5.73 Å². The van der Waals surface area contributed by atoms with Gasteiger partial charge in [-0.3, -0.25) is 0 Å². The Morgan fingerprint density at radius 3 is 2.67 bits per heavy atom. The molecule has 0 saturated carbocycles. The zero-order valence-corrected chi connectivity index (χ0v) is 9.51. The maximum atomic E-state index is 13.0. The summed E-state index contributed by atoms with van der Waals surface area (Å²) < 4.78 is 56.9. The van der Waals surface area contributed by atoms with Gasteiger partial charge in [-0.25, -0.2) is 4.39 Å². The Hall–Kier alpha value is -1.14. The SMILES string of the molecule is NCC1CCOC1c1ccc(F)cc1C(F)(F)F. The summed E-state index contributed by atoms with van der Waals surface area (Å²) in [5.41, 5.74) is 4.51. The van der Waals surface area contributed by atoms with Gasteiger partial charge in [-0.05, 0) is 30.7 Å². The monoisotopic (exact) mass is 263 g/mol.